The van der Waals surface area contributed by atoms with Crippen LogP contribution >= 0.6 is 11.3 Å². The van der Waals surface area contributed by atoms with Crippen LogP contribution in [0.15, 0.2) is 23.6 Å². The molecular formula is C13H16N4OS. The van der Waals surface area contributed by atoms with Crippen molar-refractivity contribution in [3.63, 3.8) is 0 Å². The number of hydrogen-bond acceptors (Lipinski definition) is 5. The van der Waals surface area contributed by atoms with Crippen molar-refractivity contribution < 1.29 is 4.79 Å². The molecule has 1 amide bonds. The lowest BCUT2D eigenvalue weighted by Crippen LogP contribution is -2.18. The van der Waals surface area contributed by atoms with Crippen molar-refractivity contribution in [3.8, 4) is 0 Å². The monoisotopic (exact) mass is 276 g/mol. The maximum Gasteiger partial charge on any atom is 0.251 e. The molecule has 0 aliphatic rings. The van der Waals surface area contributed by atoms with Crippen LogP contribution in [-0.4, -0.2) is 17.9 Å². The number of carbonyl (C=O) groups is 1. The van der Waals surface area contributed by atoms with Gasteiger partial charge in [-0.2, -0.15) is 0 Å². The van der Waals surface area contributed by atoms with Gasteiger partial charge in [0.25, 0.3) is 5.91 Å². The summed E-state index contributed by atoms with van der Waals surface area (Å²) < 4.78 is 0. The number of carbonyl (C=O) groups excluding carboxylic acids is 1. The molecule has 2 rings (SSSR count). The summed E-state index contributed by atoms with van der Waals surface area (Å²) in [5.41, 5.74) is 8.81. The quantitative estimate of drug-likeness (QED) is 0.746. The molecule has 1 aromatic carbocycles. The van der Waals surface area contributed by atoms with Gasteiger partial charge in [-0.05, 0) is 25.1 Å². The molecule has 5 nitrogen and oxygen atoms in total. The van der Waals surface area contributed by atoms with Crippen molar-refractivity contribution in [3.05, 3.63) is 39.8 Å². The summed E-state index contributed by atoms with van der Waals surface area (Å²) in [7, 11) is 1.59. The van der Waals surface area contributed by atoms with Gasteiger partial charge in [-0.25, -0.2) is 4.98 Å². The highest BCUT2D eigenvalue weighted by Gasteiger charge is 2.06. The molecular weight excluding hydrogens is 260 g/mol. The maximum atomic E-state index is 11.5. The van der Waals surface area contributed by atoms with E-state index in [1.54, 1.807) is 36.6 Å². The fourth-order valence-electron chi connectivity index (χ4n) is 1.68. The van der Waals surface area contributed by atoms with Gasteiger partial charge in [-0.3, -0.25) is 4.79 Å². The number of thiazole rings is 1. The minimum atomic E-state index is -0.145. The number of nitrogens with two attached hydrogens (primary N) is 1. The Balaban J connectivity index is 2.07. The molecule has 2 aromatic rings. The number of rotatable bonds is 4. The summed E-state index contributed by atoms with van der Waals surface area (Å²) in [4.78, 5) is 15.8. The van der Waals surface area contributed by atoms with Crippen molar-refractivity contribution >= 4 is 28.6 Å². The van der Waals surface area contributed by atoms with Crippen LogP contribution in [0.5, 0.6) is 0 Å². The number of hydrogen-bond donors (Lipinski definition) is 3. The maximum absolute atomic E-state index is 11.5. The van der Waals surface area contributed by atoms with Gasteiger partial charge in [0.1, 0.15) is 0 Å². The first-order valence-corrected chi connectivity index (χ1v) is 6.74. The highest BCUT2D eigenvalue weighted by molar-refractivity contribution is 7.09. The van der Waals surface area contributed by atoms with Crippen LogP contribution in [-0.2, 0) is 6.54 Å². The van der Waals surface area contributed by atoms with E-state index >= 15 is 0 Å². The lowest BCUT2D eigenvalue weighted by molar-refractivity contribution is 0.0963. The van der Waals surface area contributed by atoms with E-state index in [4.69, 9.17) is 5.73 Å². The van der Waals surface area contributed by atoms with Gasteiger partial charge in [-0.15, -0.1) is 11.3 Å². The molecule has 0 unspecified atom stereocenters. The number of nitrogens with one attached hydrogen (secondary N) is 2. The molecule has 0 aliphatic heterocycles. The summed E-state index contributed by atoms with van der Waals surface area (Å²) >= 11 is 1.62. The standard InChI is InChI=1S/C13H16N4OS/c1-8-17-10(7-19-8)6-16-12-4-3-9(5-11(12)14)13(18)15-2/h3-5,7,16H,6,14H2,1-2H3,(H,15,18). The zero-order valence-electron chi connectivity index (χ0n) is 10.9. The molecule has 6 heteroatoms. The molecule has 0 radical (unpaired) electrons. The molecule has 100 valence electrons. The third-order valence-corrected chi connectivity index (χ3v) is 3.49. The van der Waals surface area contributed by atoms with Crippen LogP contribution in [0.25, 0.3) is 0 Å². The summed E-state index contributed by atoms with van der Waals surface area (Å²) in [6.07, 6.45) is 0. The molecule has 1 aromatic heterocycles. The van der Waals surface area contributed by atoms with Crippen LogP contribution in [0.4, 0.5) is 11.4 Å². The summed E-state index contributed by atoms with van der Waals surface area (Å²) in [5, 5.41) is 8.83. The van der Waals surface area contributed by atoms with E-state index in [2.05, 4.69) is 15.6 Å². The summed E-state index contributed by atoms with van der Waals surface area (Å²) in [6.45, 7) is 2.59. The van der Waals surface area contributed by atoms with Gasteiger partial charge in [-0.1, -0.05) is 0 Å². The fraction of sp³-hybridized carbons (Fsp3) is 0.231. The van der Waals surface area contributed by atoms with Crippen LogP contribution in [0, 0.1) is 6.92 Å². The van der Waals surface area contributed by atoms with Gasteiger partial charge in [0.05, 0.1) is 28.6 Å². The first-order chi connectivity index (χ1) is 9.10. The van der Waals surface area contributed by atoms with Crippen molar-refractivity contribution in [1.82, 2.24) is 10.3 Å². The van der Waals surface area contributed by atoms with Gasteiger partial charge >= 0.3 is 0 Å². The normalized spacial score (nSPS) is 10.2. The highest BCUT2D eigenvalue weighted by Crippen LogP contribution is 2.21. The SMILES string of the molecule is CNC(=O)c1ccc(NCc2csc(C)n2)c(N)c1. The third kappa shape index (κ3) is 3.23. The predicted molar refractivity (Wildman–Crippen MR) is 78.4 cm³/mol. The lowest BCUT2D eigenvalue weighted by Gasteiger charge is -2.09. The molecule has 0 saturated heterocycles. The van der Waals surface area contributed by atoms with Crippen molar-refractivity contribution in [2.45, 2.75) is 13.5 Å². The zero-order chi connectivity index (χ0) is 13.8. The first kappa shape index (κ1) is 13.4. The van der Waals surface area contributed by atoms with Gasteiger partial charge in [0, 0.05) is 18.0 Å². The molecule has 1 heterocycles. The Kier molecular flexibility index (Phi) is 4.01. The van der Waals surface area contributed by atoms with Gasteiger partial charge in [0.2, 0.25) is 0 Å². The highest BCUT2D eigenvalue weighted by atomic mass is 32.1. The minimum absolute atomic E-state index is 0.145. The molecule has 0 spiro atoms. The Morgan fingerprint density at radius 2 is 2.26 bits per heavy atom. The number of benzene rings is 1. The average molecular weight is 276 g/mol. The zero-order valence-corrected chi connectivity index (χ0v) is 11.7. The number of anilines is 2. The Morgan fingerprint density at radius 3 is 2.84 bits per heavy atom. The number of nitrogen functional groups attached to an aromatic ring is 1. The van der Waals surface area contributed by atoms with E-state index in [0.717, 1.165) is 16.4 Å². The predicted octanol–water partition coefficient (Wildman–Crippen LogP) is 2.01. The van der Waals surface area contributed by atoms with E-state index in [-0.39, 0.29) is 5.91 Å². The largest absolute Gasteiger partial charge is 0.397 e. The Morgan fingerprint density at radius 1 is 1.47 bits per heavy atom. The second-order valence-electron chi connectivity index (χ2n) is 4.09. The Hall–Kier alpha value is -2.08. The van der Waals surface area contributed by atoms with E-state index in [0.29, 0.717) is 17.8 Å². The van der Waals surface area contributed by atoms with Crippen LogP contribution < -0.4 is 16.4 Å². The smallest absolute Gasteiger partial charge is 0.251 e. The summed E-state index contributed by atoms with van der Waals surface area (Å²) in [5.74, 6) is -0.145. The van der Waals surface area contributed by atoms with E-state index in [9.17, 15) is 4.79 Å². The molecule has 0 bridgehead atoms. The van der Waals surface area contributed by atoms with E-state index in [1.165, 1.54) is 0 Å². The number of aromatic nitrogens is 1. The third-order valence-electron chi connectivity index (χ3n) is 2.67. The van der Waals surface area contributed by atoms with Gasteiger partial charge in [0.15, 0.2) is 0 Å². The molecule has 4 N–H and O–H groups in total. The van der Waals surface area contributed by atoms with Crippen molar-refractivity contribution in [2.75, 3.05) is 18.1 Å². The van der Waals surface area contributed by atoms with Crippen molar-refractivity contribution in [1.29, 1.82) is 0 Å². The summed E-state index contributed by atoms with van der Waals surface area (Å²) in [6, 6.07) is 5.20. The van der Waals surface area contributed by atoms with E-state index in [1.807, 2.05) is 12.3 Å². The average Bonchev–Trinajstić information content (AvgIpc) is 2.82. The second kappa shape index (κ2) is 5.71. The molecule has 0 atom stereocenters. The van der Waals surface area contributed by atoms with E-state index < -0.39 is 0 Å². The van der Waals surface area contributed by atoms with Crippen LogP contribution in [0.2, 0.25) is 0 Å². The Bertz CT molecular complexity index is 594. The van der Waals surface area contributed by atoms with Crippen LogP contribution in [0.1, 0.15) is 21.1 Å². The first-order valence-electron chi connectivity index (χ1n) is 5.86. The van der Waals surface area contributed by atoms with Crippen LogP contribution in [0.3, 0.4) is 0 Å². The number of aryl methyl sites for hydroxylation is 1. The minimum Gasteiger partial charge on any atom is -0.397 e. The molecule has 0 aliphatic carbocycles. The molecule has 0 fully saturated rings. The number of nitrogens with zero attached hydrogens (tertiary/aromatic N) is 1. The molecule has 19 heavy (non-hydrogen) atoms. The molecule has 0 saturated carbocycles. The second-order valence-corrected chi connectivity index (χ2v) is 5.15. The number of amides is 1. The topological polar surface area (TPSA) is 80.0 Å². The lowest BCUT2D eigenvalue weighted by atomic mass is 10.1. The van der Waals surface area contributed by atoms with Gasteiger partial charge < -0.3 is 16.4 Å². The fourth-order valence-corrected chi connectivity index (χ4v) is 2.30. The van der Waals surface area contributed by atoms with Crippen molar-refractivity contribution in [2.24, 2.45) is 0 Å². The Labute approximate surface area is 115 Å².